The molecule has 0 aromatic heterocycles. The van der Waals surface area contributed by atoms with Crippen LogP contribution in [-0.4, -0.2) is 23.6 Å². The Balaban J connectivity index is 2.96. The van der Waals surface area contributed by atoms with Gasteiger partial charge in [-0.15, -0.1) is 13.2 Å². The zero-order valence-electron chi connectivity index (χ0n) is 9.75. The Morgan fingerprint density at radius 1 is 1.33 bits per heavy atom. The van der Waals surface area contributed by atoms with Crippen LogP contribution in [0.5, 0.6) is 5.75 Å². The van der Waals surface area contributed by atoms with E-state index in [-0.39, 0.29) is 11.4 Å². The molecule has 0 saturated carbocycles. The van der Waals surface area contributed by atoms with Crippen molar-refractivity contribution in [2.75, 3.05) is 5.32 Å². The van der Waals surface area contributed by atoms with E-state index in [0.29, 0.717) is 4.47 Å². The summed E-state index contributed by atoms with van der Waals surface area (Å²) < 4.78 is 41.1. The second kappa shape index (κ2) is 5.79. The standard InChI is InChI=1S/C11H13BrF3NO2/c1-6(7(2)17)16-9-4-3-8(12)5-10(9)18-11(13,14)15/h3-7,16-17H,1-2H3. The van der Waals surface area contributed by atoms with Crippen LogP contribution in [0.1, 0.15) is 13.8 Å². The highest BCUT2D eigenvalue weighted by Gasteiger charge is 2.32. The number of ether oxygens (including phenoxy) is 1. The highest BCUT2D eigenvalue weighted by molar-refractivity contribution is 9.10. The van der Waals surface area contributed by atoms with Crippen LogP contribution in [-0.2, 0) is 0 Å². The molecular formula is C11H13BrF3NO2. The van der Waals surface area contributed by atoms with Crippen LogP contribution in [0.15, 0.2) is 22.7 Å². The summed E-state index contributed by atoms with van der Waals surface area (Å²) in [5, 5.41) is 12.1. The topological polar surface area (TPSA) is 41.5 Å². The number of benzene rings is 1. The van der Waals surface area contributed by atoms with Crippen LogP contribution < -0.4 is 10.1 Å². The van der Waals surface area contributed by atoms with E-state index in [9.17, 15) is 18.3 Å². The van der Waals surface area contributed by atoms with E-state index in [1.54, 1.807) is 19.9 Å². The highest BCUT2D eigenvalue weighted by atomic mass is 79.9. The summed E-state index contributed by atoms with van der Waals surface area (Å²) in [5.41, 5.74) is 0.170. The average molecular weight is 328 g/mol. The predicted octanol–water partition coefficient (Wildman–Crippen LogP) is 3.53. The number of alkyl halides is 3. The maximum atomic E-state index is 12.2. The molecule has 18 heavy (non-hydrogen) atoms. The van der Waals surface area contributed by atoms with Crippen LogP contribution in [0.2, 0.25) is 0 Å². The SMILES string of the molecule is CC(O)C(C)Nc1ccc(Br)cc1OC(F)(F)F. The van der Waals surface area contributed by atoms with Crippen molar-refractivity contribution in [3.05, 3.63) is 22.7 Å². The first-order chi connectivity index (χ1) is 8.19. The summed E-state index contributed by atoms with van der Waals surface area (Å²) in [7, 11) is 0. The first-order valence-electron chi connectivity index (χ1n) is 5.19. The van der Waals surface area contributed by atoms with Gasteiger partial charge < -0.3 is 15.2 Å². The molecular weight excluding hydrogens is 315 g/mol. The number of hydrogen-bond donors (Lipinski definition) is 2. The van der Waals surface area contributed by atoms with Gasteiger partial charge in [0.05, 0.1) is 11.8 Å². The Morgan fingerprint density at radius 3 is 2.44 bits per heavy atom. The van der Waals surface area contributed by atoms with Gasteiger partial charge >= 0.3 is 6.36 Å². The van der Waals surface area contributed by atoms with E-state index in [1.807, 2.05) is 0 Å². The Labute approximate surface area is 111 Å². The lowest BCUT2D eigenvalue weighted by Gasteiger charge is -2.21. The third-order valence-corrected chi connectivity index (χ3v) is 2.77. The predicted molar refractivity (Wildman–Crippen MR) is 65.6 cm³/mol. The molecule has 0 aliphatic rings. The van der Waals surface area contributed by atoms with E-state index in [1.165, 1.54) is 12.1 Å². The molecule has 2 unspecified atom stereocenters. The van der Waals surface area contributed by atoms with Crippen molar-refractivity contribution in [3.8, 4) is 5.75 Å². The van der Waals surface area contributed by atoms with E-state index >= 15 is 0 Å². The zero-order chi connectivity index (χ0) is 13.9. The fraction of sp³-hybridized carbons (Fsp3) is 0.455. The van der Waals surface area contributed by atoms with Gasteiger partial charge in [-0.3, -0.25) is 0 Å². The zero-order valence-corrected chi connectivity index (χ0v) is 11.3. The Morgan fingerprint density at radius 2 is 1.94 bits per heavy atom. The van der Waals surface area contributed by atoms with Gasteiger partial charge in [0.1, 0.15) is 0 Å². The summed E-state index contributed by atoms with van der Waals surface area (Å²) in [6, 6.07) is 3.84. The van der Waals surface area contributed by atoms with Gasteiger partial charge in [-0.2, -0.15) is 0 Å². The van der Waals surface area contributed by atoms with Crippen molar-refractivity contribution in [3.63, 3.8) is 0 Å². The summed E-state index contributed by atoms with van der Waals surface area (Å²) in [4.78, 5) is 0. The Kier molecular flexibility index (Phi) is 4.86. The van der Waals surface area contributed by atoms with E-state index in [0.717, 1.165) is 0 Å². The maximum Gasteiger partial charge on any atom is 0.573 e. The molecule has 7 heteroatoms. The molecule has 0 saturated heterocycles. The van der Waals surface area contributed by atoms with Crippen molar-refractivity contribution >= 4 is 21.6 Å². The van der Waals surface area contributed by atoms with Gasteiger partial charge in [0.15, 0.2) is 5.75 Å². The number of hydrogen-bond acceptors (Lipinski definition) is 3. The second-order valence-corrected chi connectivity index (χ2v) is 4.78. The second-order valence-electron chi connectivity index (χ2n) is 3.86. The third-order valence-electron chi connectivity index (χ3n) is 2.28. The molecule has 0 heterocycles. The maximum absolute atomic E-state index is 12.2. The molecule has 2 atom stereocenters. The fourth-order valence-electron chi connectivity index (χ4n) is 1.19. The molecule has 0 amide bonds. The van der Waals surface area contributed by atoms with Gasteiger partial charge in [0.2, 0.25) is 0 Å². The molecule has 1 aromatic carbocycles. The molecule has 1 aromatic rings. The first kappa shape index (κ1) is 15.1. The molecule has 3 nitrogen and oxygen atoms in total. The molecule has 0 bridgehead atoms. The van der Waals surface area contributed by atoms with E-state index in [4.69, 9.17) is 0 Å². The van der Waals surface area contributed by atoms with Crippen molar-refractivity contribution in [1.82, 2.24) is 0 Å². The molecule has 2 N–H and O–H groups in total. The van der Waals surface area contributed by atoms with Crippen LogP contribution in [0, 0.1) is 0 Å². The minimum absolute atomic E-state index is 0.170. The fourth-order valence-corrected chi connectivity index (χ4v) is 1.53. The number of anilines is 1. The number of nitrogens with one attached hydrogen (secondary N) is 1. The summed E-state index contributed by atoms with van der Waals surface area (Å²) in [5.74, 6) is -0.343. The quantitative estimate of drug-likeness (QED) is 0.888. The molecule has 0 radical (unpaired) electrons. The molecule has 0 aliphatic heterocycles. The first-order valence-corrected chi connectivity index (χ1v) is 5.98. The van der Waals surface area contributed by atoms with Crippen LogP contribution in [0.4, 0.5) is 18.9 Å². The largest absolute Gasteiger partial charge is 0.573 e. The number of rotatable bonds is 4. The van der Waals surface area contributed by atoms with Crippen LogP contribution >= 0.6 is 15.9 Å². The number of aliphatic hydroxyl groups is 1. The van der Waals surface area contributed by atoms with Crippen molar-refractivity contribution < 1.29 is 23.0 Å². The Bertz CT molecular complexity index is 410. The van der Waals surface area contributed by atoms with Gasteiger partial charge in [0, 0.05) is 10.5 Å². The third kappa shape index (κ3) is 4.73. The number of aliphatic hydroxyl groups excluding tert-OH is 1. The van der Waals surface area contributed by atoms with Crippen molar-refractivity contribution in [2.24, 2.45) is 0 Å². The lowest BCUT2D eigenvalue weighted by molar-refractivity contribution is -0.274. The normalized spacial score (nSPS) is 15.1. The van der Waals surface area contributed by atoms with Gasteiger partial charge in [-0.1, -0.05) is 15.9 Å². The highest BCUT2D eigenvalue weighted by Crippen LogP contribution is 2.33. The van der Waals surface area contributed by atoms with Crippen molar-refractivity contribution in [2.45, 2.75) is 32.4 Å². The van der Waals surface area contributed by atoms with Gasteiger partial charge in [-0.25, -0.2) is 0 Å². The summed E-state index contributed by atoms with van der Waals surface area (Å²) >= 11 is 3.07. The lowest BCUT2D eigenvalue weighted by atomic mass is 10.2. The monoisotopic (exact) mass is 327 g/mol. The van der Waals surface area contributed by atoms with Crippen LogP contribution in [0.25, 0.3) is 0 Å². The molecule has 1 rings (SSSR count). The minimum atomic E-state index is -4.76. The van der Waals surface area contributed by atoms with Gasteiger partial charge in [0.25, 0.3) is 0 Å². The summed E-state index contributed by atoms with van der Waals surface area (Å²) in [6.45, 7) is 3.20. The minimum Gasteiger partial charge on any atom is -0.404 e. The molecule has 102 valence electrons. The molecule has 0 fully saturated rings. The van der Waals surface area contributed by atoms with E-state index in [2.05, 4.69) is 26.0 Å². The van der Waals surface area contributed by atoms with Crippen LogP contribution in [0.3, 0.4) is 0 Å². The Hall–Kier alpha value is -0.950. The summed E-state index contributed by atoms with van der Waals surface area (Å²) in [6.07, 6.45) is -5.46. The van der Waals surface area contributed by atoms with Crippen molar-refractivity contribution in [1.29, 1.82) is 0 Å². The average Bonchev–Trinajstić information content (AvgIpc) is 2.19. The smallest absolute Gasteiger partial charge is 0.404 e. The molecule has 0 aliphatic carbocycles. The van der Waals surface area contributed by atoms with E-state index < -0.39 is 18.5 Å². The molecule has 0 spiro atoms. The lowest BCUT2D eigenvalue weighted by Crippen LogP contribution is -2.28. The van der Waals surface area contributed by atoms with Gasteiger partial charge in [-0.05, 0) is 32.0 Å². The number of halogens is 4.